The summed E-state index contributed by atoms with van der Waals surface area (Å²) in [4.78, 5) is 9.35. The van der Waals surface area contributed by atoms with Gasteiger partial charge < -0.3 is 9.64 Å². The molecule has 0 atom stereocenters. The Morgan fingerprint density at radius 2 is 1.69 bits per heavy atom. The first-order chi connectivity index (χ1) is 15.7. The van der Waals surface area contributed by atoms with E-state index in [1.54, 1.807) is 29.0 Å². The minimum absolute atomic E-state index is 0.281. The summed E-state index contributed by atoms with van der Waals surface area (Å²) in [5.74, 6) is 0.578. The predicted molar refractivity (Wildman–Crippen MR) is 123 cm³/mol. The number of likely N-dealkylation sites (N-methyl/N-ethyl adjacent to an activating group) is 1. The molecule has 0 aliphatic carbocycles. The maximum atomic E-state index is 14.2. The molecule has 0 radical (unpaired) electrons. The molecular formula is C25H26FN5O. The van der Waals surface area contributed by atoms with Crippen LogP contribution in [0.4, 0.5) is 4.39 Å². The number of hydrogen-bond acceptors (Lipinski definition) is 5. The quantitative estimate of drug-likeness (QED) is 0.464. The zero-order chi connectivity index (χ0) is 21.9. The first-order valence-corrected chi connectivity index (χ1v) is 10.9. The summed E-state index contributed by atoms with van der Waals surface area (Å²) in [5.41, 5.74) is 3.76. The van der Waals surface area contributed by atoms with E-state index in [4.69, 9.17) is 4.74 Å². The number of nitrogens with zero attached hydrogens (tertiary/aromatic N) is 5. The Labute approximate surface area is 186 Å². The third-order valence-electron chi connectivity index (χ3n) is 5.98. The van der Waals surface area contributed by atoms with Gasteiger partial charge in [-0.05, 0) is 30.8 Å². The fourth-order valence-electron chi connectivity index (χ4n) is 4.00. The maximum Gasteiger partial charge on any atom is 0.162 e. The van der Waals surface area contributed by atoms with Gasteiger partial charge in [-0.2, -0.15) is 5.10 Å². The third-order valence-corrected chi connectivity index (χ3v) is 5.98. The average molecular weight is 432 g/mol. The van der Waals surface area contributed by atoms with Gasteiger partial charge in [0.1, 0.15) is 18.2 Å². The van der Waals surface area contributed by atoms with Crippen molar-refractivity contribution in [2.24, 2.45) is 0 Å². The number of piperazine rings is 1. The van der Waals surface area contributed by atoms with E-state index in [2.05, 4.69) is 26.9 Å². The molecule has 0 spiro atoms. The smallest absolute Gasteiger partial charge is 0.162 e. The molecule has 4 aromatic rings. The number of rotatable bonds is 6. The van der Waals surface area contributed by atoms with E-state index in [1.165, 1.54) is 6.07 Å². The highest BCUT2D eigenvalue weighted by atomic mass is 19.1. The number of fused-ring (bicyclic) bond motifs is 1. The normalized spacial score (nSPS) is 15.3. The van der Waals surface area contributed by atoms with Crippen molar-refractivity contribution < 1.29 is 9.13 Å². The Morgan fingerprint density at radius 3 is 2.47 bits per heavy atom. The van der Waals surface area contributed by atoms with Gasteiger partial charge in [-0.1, -0.05) is 30.3 Å². The van der Waals surface area contributed by atoms with Gasteiger partial charge in [0.25, 0.3) is 0 Å². The molecule has 0 amide bonds. The molecule has 5 rings (SSSR count). The minimum Gasteiger partial charge on any atom is -0.492 e. The Kier molecular flexibility index (Phi) is 5.83. The van der Waals surface area contributed by atoms with E-state index in [1.807, 2.05) is 36.5 Å². The summed E-state index contributed by atoms with van der Waals surface area (Å²) in [5, 5.41) is 4.38. The van der Waals surface area contributed by atoms with Crippen LogP contribution in [0.5, 0.6) is 5.75 Å². The van der Waals surface area contributed by atoms with E-state index in [9.17, 15) is 4.39 Å². The lowest BCUT2D eigenvalue weighted by molar-refractivity contribution is 0.134. The van der Waals surface area contributed by atoms with Crippen LogP contribution in [0.2, 0.25) is 0 Å². The molecule has 0 N–H and O–H groups in total. The highest BCUT2D eigenvalue weighted by Gasteiger charge is 2.14. The molecule has 1 saturated heterocycles. The highest BCUT2D eigenvalue weighted by Crippen LogP contribution is 2.28. The van der Waals surface area contributed by atoms with Crippen LogP contribution >= 0.6 is 0 Å². The van der Waals surface area contributed by atoms with Crippen LogP contribution in [0.3, 0.4) is 0 Å². The monoisotopic (exact) mass is 431 g/mol. The van der Waals surface area contributed by atoms with E-state index in [0.29, 0.717) is 23.4 Å². The fraction of sp³-hybridized carbons (Fsp3) is 0.280. The van der Waals surface area contributed by atoms with Gasteiger partial charge in [0.05, 0.1) is 6.20 Å². The summed E-state index contributed by atoms with van der Waals surface area (Å²) in [6.07, 6.45) is 5.36. The van der Waals surface area contributed by atoms with Gasteiger partial charge in [-0.15, -0.1) is 0 Å². The van der Waals surface area contributed by atoms with E-state index >= 15 is 0 Å². The number of hydrogen-bond donors (Lipinski definition) is 0. The van der Waals surface area contributed by atoms with E-state index in [-0.39, 0.29) is 5.82 Å². The highest BCUT2D eigenvalue weighted by molar-refractivity contribution is 5.78. The van der Waals surface area contributed by atoms with Crippen LogP contribution in [-0.4, -0.2) is 70.8 Å². The number of aromatic nitrogens is 3. The lowest BCUT2D eigenvalue weighted by Gasteiger charge is -2.32. The zero-order valence-corrected chi connectivity index (χ0v) is 18.1. The van der Waals surface area contributed by atoms with E-state index in [0.717, 1.165) is 49.6 Å². The van der Waals surface area contributed by atoms with E-state index < -0.39 is 0 Å². The largest absolute Gasteiger partial charge is 0.492 e. The Morgan fingerprint density at radius 1 is 0.906 bits per heavy atom. The first kappa shape index (κ1) is 20.6. The molecule has 32 heavy (non-hydrogen) atoms. The molecule has 0 unspecified atom stereocenters. The first-order valence-electron chi connectivity index (χ1n) is 10.9. The van der Waals surface area contributed by atoms with Crippen molar-refractivity contribution in [2.75, 3.05) is 46.4 Å². The van der Waals surface area contributed by atoms with Crippen molar-refractivity contribution >= 4 is 5.65 Å². The molecule has 1 aliphatic heterocycles. The molecular weight excluding hydrogens is 405 g/mol. The van der Waals surface area contributed by atoms with Gasteiger partial charge in [-0.3, -0.25) is 4.90 Å². The minimum atomic E-state index is -0.281. The van der Waals surface area contributed by atoms with Crippen LogP contribution in [0.15, 0.2) is 67.1 Å². The zero-order valence-electron chi connectivity index (χ0n) is 18.1. The summed E-state index contributed by atoms with van der Waals surface area (Å²) >= 11 is 0. The molecule has 0 bridgehead atoms. The molecule has 1 aliphatic rings. The van der Waals surface area contributed by atoms with Gasteiger partial charge in [0.2, 0.25) is 0 Å². The van der Waals surface area contributed by atoms with Gasteiger partial charge >= 0.3 is 0 Å². The van der Waals surface area contributed by atoms with Crippen LogP contribution < -0.4 is 4.74 Å². The Bertz CT molecular complexity index is 1200. The second-order valence-corrected chi connectivity index (χ2v) is 8.17. The van der Waals surface area contributed by atoms with Crippen molar-refractivity contribution in [1.82, 2.24) is 24.4 Å². The van der Waals surface area contributed by atoms with Crippen molar-refractivity contribution in [3.05, 3.63) is 72.9 Å². The predicted octanol–water partition coefficient (Wildman–Crippen LogP) is 3.83. The lowest BCUT2D eigenvalue weighted by Crippen LogP contribution is -2.45. The van der Waals surface area contributed by atoms with Crippen LogP contribution in [0.25, 0.3) is 27.9 Å². The van der Waals surface area contributed by atoms with Gasteiger partial charge in [0, 0.05) is 61.8 Å². The van der Waals surface area contributed by atoms with Gasteiger partial charge in [0.15, 0.2) is 5.65 Å². The molecule has 1 fully saturated rings. The second kappa shape index (κ2) is 9.06. The SMILES string of the molecule is CN1CCN(CCOc2ccc(-c3cnc4c(-c5ccccc5F)cnn4c3)cc2)CC1. The molecule has 164 valence electrons. The van der Waals surface area contributed by atoms with Gasteiger partial charge in [-0.25, -0.2) is 13.9 Å². The number of ether oxygens (including phenoxy) is 1. The molecule has 2 aromatic heterocycles. The molecule has 2 aromatic carbocycles. The Hall–Kier alpha value is -3.29. The van der Waals surface area contributed by atoms with Crippen LogP contribution in [0, 0.1) is 5.82 Å². The number of benzene rings is 2. The summed E-state index contributed by atoms with van der Waals surface area (Å²) in [7, 11) is 2.16. The lowest BCUT2D eigenvalue weighted by atomic mass is 10.1. The fourth-order valence-corrected chi connectivity index (χ4v) is 4.00. The summed E-state index contributed by atoms with van der Waals surface area (Å²) < 4.78 is 21.8. The standard InChI is InChI=1S/C25H26FN5O/c1-29-10-12-30(13-11-29)14-15-32-21-8-6-19(7-9-21)20-16-27-25-23(17-28-31(25)18-20)22-4-2-3-5-24(22)26/h2-9,16-18H,10-15H2,1H3. The van der Waals surface area contributed by atoms with Crippen molar-refractivity contribution in [3.8, 4) is 28.0 Å². The van der Waals surface area contributed by atoms with Crippen LogP contribution in [-0.2, 0) is 0 Å². The number of halogens is 1. The second-order valence-electron chi connectivity index (χ2n) is 8.17. The summed E-state index contributed by atoms with van der Waals surface area (Å²) in [6.45, 7) is 6.05. The summed E-state index contributed by atoms with van der Waals surface area (Å²) in [6, 6.07) is 14.7. The maximum absolute atomic E-state index is 14.2. The topological polar surface area (TPSA) is 45.9 Å². The Balaban J connectivity index is 1.26. The van der Waals surface area contributed by atoms with Crippen molar-refractivity contribution in [2.45, 2.75) is 0 Å². The van der Waals surface area contributed by atoms with Crippen molar-refractivity contribution in [1.29, 1.82) is 0 Å². The average Bonchev–Trinajstić information content (AvgIpc) is 3.24. The van der Waals surface area contributed by atoms with Crippen molar-refractivity contribution in [3.63, 3.8) is 0 Å². The van der Waals surface area contributed by atoms with Crippen LogP contribution in [0.1, 0.15) is 0 Å². The molecule has 6 nitrogen and oxygen atoms in total. The molecule has 7 heteroatoms. The molecule has 0 saturated carbocycles. The third kappa shape index (κ3) is 4.35. The molecule has 3 heterocycles.